The summed E-state index contributed by atoms with van der Waals surface area (Å²) in [5.41, 5.74) is 0.611. The van der Waals surface area contributed by atoms with Crippen molar-refractivity contribution in [2.45, 2.75) is 10.1 Å². The average Bonchev–Trinajstić information content (AvgIpc) is 3.17. The molecular weight excluding hydrogens is 350 g/mol. The van der Waals surface area contributed by atoms with Gasteiger partial charge in [0, 0.05) is 36.6 Å². The second kappa shape index (κ2) is 6.91. The van der Waals surface area contributed by atoms with Crippen molar-refractivity contribution in [3.63, 3.8) is 0 Å². The fraction of sp³-hybridized carbons (Fsp3) is 0.357. The molecule has 0 radical (unpaired) electrons. The van der Waals surface area contributed by atoms with Gasteiger partial charge in [0.05, 0.1) is 0 Å². The van der Waals surface area contributed by atoms with Crippen molar-refractivity contribution in [1.29, 1.82) is 0 Å². The highest BCUT2D eigenvalue weighted by Crippen LogP contribution is 2.18. The molecule has 0 aliphatic carbocycles. The van der Waals surface area contributed by atoms with Crippen LogP contribution < -0.4 is 0 Å². The Bertz CT molecular complexity index is 797. The summed E-state index contributed by atoms with van der Waals surface area (Å²) < 4.78 is 26.0. The van der Waals surface area contributed by atoms with E-state index < -0.39 is 10.0 Å². The molecule has 2 aromatic rings. The van der Waals surface area contributed by atoms with Crippen LogP contribution in [0.25, 0.3) is 0 Å². The van der Waals surface area contributed by atoms with E-state index in [1.54, 1.807) is 28.8 Å². The van der Waals surface area contributed by atoms with Gasteiger partial charge in [0.1, 0.15) is 6.33 Å². The Balaban J connectivity index is 1.65. The number of amides is 1. The molecule has 0 atom stereocenters. The van der Waals surface area contributed by atoms with Crippen molar-refractivity contribution in [3.05, 3.63) is 36.2 Å². The predicted octanol–water partition coefficient (Wildman–Crippen LogP) is 0.673. The minimum Gasteiger partial charge on any atom is -0.336 e. The number of rotatable bonds is 4. The van der Waals surface area contributed by atoms with Crippen LogP contribution in [0.4, 0.5) is 0 Å². The summed E-state index contributed by atoms with van der Waals surface area (Å²) in [4.78, 5) is 19.0. The van der Waals surface area contributed by atoms with Gasteiger partial charge >= 0.3 is 0 Å². The second-order valence-electron chi connectivity index (χ2n) is 5.22. The van der Waals surface area contributed by atoms with Gasteiger partial charge in [-0.3, -0.25) is 4.79 Å². The number of carbonyl (C=O) groups excluding carboxylic acids is 1. The molecule has 0 bridgehead atoms. The highest BCUT2D eigenvalue weighted by atomic mass is 32.2. The third-order valence-corrected chi connectivity index (χ3v) is 6.31. The maximum absolute atomic E-state index is 12.5. The largest absolute Gasteiger partial charge is 0.336 e. The first-order valence-electron chi connectivity index (χ1n) is 7.31. The first kappa shape index (κ1) is 16.9. The molecule has 0 unspecified atom stereocenters. The number of hydrogen-bond donors (Lipinski definition) is 1. The zero-order chi connectivity index (χ0) is 17.2. The molecule has 1 saturated heterocycles. The van der Waals surface area contributed by atoms with E-state index in [2.05, 4.69) is 15.2 Å². The molecule has 3 rings (SSSR count). The third kappa shape index (κ3) is 3.30. The van der Waals surface area contributed by atoms with E-state index in [4.69, 9.17) is 0 Å². The lowest BCUT2D eigenvalue weighted by molar-refractivity contribution is 0.0697. The van der Waals surface area contributed by atoms with Crippen molar-refractivity contribution in [3.8, 4) is 0 Å². The average molecular weight is 367 g/mol. The van der Waals surface area contributed by atoms with E-state index in [-0.39, 0.29) is 24.2 Å². The summed E-state index contributed by atoms with van der Waals surface area (Å²) in [6.45, 7) is 1.16. The van der Waals surface area contributed by atoms with E-state index >= 15 is 0 Å². The SMILES string of the molecule is CSc1ccc(C(=O)N2CCN(S(=O)(=O)c3ncn[nH]3)CC2)cc1. The van der Waals surface area contributed by atoms with Gasteiger partial charge in [-0.05, 0) is 30.5 Å². The number of benzene rings is 1. The van der Waals surface area contributed by atoms with Crippen molar-refractivity contribution in [2.75, 3.05) is 32.4 Å². The van der Waals surface area contributed by atoms with Gasteiger partial charge in [0.25, 0.3) is 21.1 Å². The standard InChI is InChI=1S/C14H17N5O3S2/c1-23-12-4-2-11(3-5-12)13(20)18-6-8-19(9-7-18)24(21,22)14-15-10-16-17-14/h2-5,10H,6-9H2,1H3,(H,15,16,17). The maximum Gasteiger partial charge on any atom is 0.278 e. The molecule has 8 nitrogen and oxygen atoms in total. The van der Waals surface area contributed by atoms with Crippen molar-refractivity contribution < 1.29 is 13.2 Å². The van der Waals surface area contributed by atoms with E-state index in [1.807, 2.05) is 18.4 Å². The van der Waals surface area contributed by atoms with Gasteiger partial charge in [-0.15, -0.1) is 11.8 Å². The minimum absolute atomic E-state index is 0.0839. The number of aromatic amines is 1. The number of aromatic nitrogens is 3. The fourth-order valence-corrected chi connectivity index (χ4v) is 4.13. The highest BCUT2D eigenvalue weighted by molar-refractivity contribution is 7.98. The minimum atomic E-state index is -3.68. The van der Waals surface area contributed by atoms with Gasteiger partial charge in [-0.2, -0.15) is 9.40 Å². The van der Waals surface area contributed by atoms with Gasteiger partial charge in [-0.25, -0.2) is 18.5 Å². The van der Waals surface area contributed by atoms with Crippen molar-refractivity contribution in [1.82, 2.24) is 24.4 Å². The number of nitrogens with zero attached hydrogens (tertiary/aromatic N) is 4. The second-order valence-corrected chi connectivity index (χ2v) is 7.95. The van der Waals surface area contributed by atoms with Crippen LogP contribution in [-0.2, 0) is 10.0 Å². The molecule has 24 heavy (non-hydrogen) atoms. The maximum atomic E-state index is 12.5. The fourth-order valence-electron chi connectivity index (χ4n) is 2.49. The first-order chi connectivity index (χ1) is 11.5. The molecule has 0 saturated carbocycles. The number of hydrogen-bond acceptors (Lipinski definition) is 6. The van der Waals surface area contributed by atoms with E-state index in [0.717, 1.165) is 11.2 Å². The highest BCUT2D eigenvalue weighted by Gasteiger charge is 2.32. The summed E-state index contributed by atoms with van der Waals surface area (Å²) in [6, 6.07) is 7.41. The smallest absolute Gasteiger partial charge is 0.278 e. The lowest BCUT2D eigenvalue weighted by Gasteiger charge is -2.33. The molecule has 1 aliphatic rings. The third-order valence-electron chi connectivity index (χ3n) is 3.84. The molecule has 1 aromatic heterocycles. The van der Waals surface area contributed by atoms with Gasteiger partial charge in [0.2, 0.25) is 0 Å². The van der Waals surface area contributed by atoms with Crippen molar-refractivity contribution in [2.24, 2.45) is 0 Å². The number of thioether (sulfide) groups is 1. The molecular formula is C14H17N5O3S2. The molecule has 1 fully saturated rings. The zero-order valence-corrected chi connectivity index (χ0v) is 14.7. The van der Waals surface area contributed by atoms with E-state index in [0.29, 0.717) is 18.7 Å². The van der Waals surface area contributed by atoms with Crippen LogP contribution >= 0.6 is 11.8 Å². The summed E-state index contributed by atoms with van der Waals surface area (Å²) in [6.07, 6.45) is 3.13. The first-order valence-corrected chi connectivity index (χ1v) is 9.97. The van der Waals surface area contributed by atoms with Crippen LogP contribution in [-0.4, -0.2) is 71.1 Å². The van der Waals surface area contributed by atoms with Crippen LogP contribution in [0.3, 0.4) is 0 Å². The molecule has 0 spiro atoms. The monoisotopic (exact) mass is 367 g/mol. The molecule has 1 amide bonds. The molecule has 2 heterocycles. The number of carbonyl (C=O) groups is 1. The lowest BCUT2D eigenvalue weighted by Crippen LogP contribution is -2.50. The van der Waals surface area contributed by atoms with Crippen LogP contribution in [0, 0.1) is 0 Å². The Morgan fingerprint density at radius 3 is 2.38 bits per heavy atom. The predicted molar refractivity (Wildman–Crippen MR) is 89.3 cm³/mol. The van der Waals surface area contributed by atoms with Crippen LogP contribution in [0.15, 0.2) is 40.6 Å². The normalized spacial score (nSPS) is 16.3. The van der Waals surface area contributed by atoms with Gasteiger partial charge < -0.3 is 4.90 Å². The molecule has 1 aromatic carbocycles. The Morgan fingerprint density at radius 2 is 1.83 bits per heavy atom. The summed E-state index contributed by atoms with van der Waals surface area (Å²) in [5.74, 6) is -0.0839. The quantitative estimate of drug-likeness (QED) is 0.798. The number of sulfonamides is 1. The Labute approximate surface area is 144 Å². The number of piperazine rings is 1. The summed E-state index contributed by atoms with van der Waals surface area (Å²) in [5, 5.41) is 5.77. The van der Waals surface area contributed by atoms with Gasteiger partial charge in [-0.1, -0.05) is 0 Å². The Kier molecular flexibility index (Phi) is 4.88. The molecule has 128 valence electrons. The van der Waals surface area contributed by atoms with Crippen LogP contribution in [0.2, 0.25) is 0 Å². The zero-order valence-electron chi connectivity index (χ0n) is 13.0. The molecule has 1 N–H and O–H groups in total. The van der Waals surface area contributed by atoms with E-state index in [9.17, 15) is 13.2 Å². The molecule has 1 aliphatic heterocycles. The van der Waals surface area contributed by atoms with Crippen molar-refractivity contribution >= 4 is 27.7 Å². The molecule has 10 heteroatoms. The number of nitrogens with one attached hydrogen (secondary N) is 1. The number of H-pyrrole nitrogens is 1. The summed E-state index contributed by atoms with van der Waals surface area (Å²) in [7, 11) is -3.68. The Hall–Kier alpha value is -1.91. The topological polar surface area (TPSA) is 99.3 Å². The van der Waals surface area contributed by atoms with E-state index in [1.165, 1.54) is 4.31 Å². The van der Waals surface area contributed by atoms with Gasteiger partial charge in [0.15, 0.2) is 0 Å². The van der Waals surface area contributed by atoms with Crippen LogP contribution in [0.1, 0.15) is 10.4 Å². The Morgan fingerprint density at radius 1 is 1.17 bits per heavy atom. The lowest BCUT2D eigenvalue weighted by atomic mass is 10.2. The van der Waals surface area contributed by atoms with Crippen LogP contribution in [0.5, 0.6) is 0 Å². The summed E-state index contributed by atoms with van der Waals surface area (Å²) >= 11 is 1.61.